The standard InChI is InChI=1S/C12H11Cl2FO3/c1-6(2)18-12(17)10(15)11(16)9-7(13)4-3-5-8(9)14/h3-6,10H,1-2H3. The summed E-state index contributed by atoms with van der Waals surface area (Å²) < 4.78 is 18.3. The van der Waals surface area contributed by atoms with Gasteiger partial charge in [-0.05, 0) is 26.0 Å². The molecule has 3 nitrogen and oxygen atoms in total. The molecule has 0 saturated carbocycles. The third-order valence-electron chi connectivity index (χ3n) is 2.00. The van der Waals surface area contributed by atoms with E-state index < -0.39 is 24.0 Å². The lowest BCUT2D eigenvalue weighted by Gasteiger charge is -2.12. The second-order valence-corrected chi connectivity index (χ2v) is 4.62. The maximum absolute atomic E-state index is 13.7. The molecule has 6 heteroatoms. The van der Waals surface area contributed by atoms with Crippen molar-refractivity contribution >= 4 is 35.0 Å². The number of esters is 1. The minimum absolute atomic E-state index is 0.00695. The van der Waals surface area contributed by atoms with Crippen LogP contribution in [0.5, 0.6) is 0 Å². The van der Waals surface area contributed by atoms with Gasteiger partial charge in [0.25, 0.3) is 6.17 Å². The summed E-state index contributed by atoms with van der Waals surface area (Å²) in [7, 11) is 0. The molecule has 0 amide bonds. The molecule has 1 atom stereocenters. The summed E-state index contributed by atoms with van der Waals surface area (Å²) in [5.74, 6) is -2.35. The van der Waals surface area contributed by atoms with Gasteiger partial charge in [0.1, 0.15) is 0 Å². The number of Topliss-reactive ketones (excluding diaryl/α,β-unsaturated/α-hetero) is 1. The predicted octanol–water partition coefficient (Wildman–Crippen LogP) is 3.47. The zero-order valence-corrected chi connectivity index (χ0v) is 11.3. The number of carbonyl (C=O) groups is 2. The summed E-state index contributed by atoms with van der Waals surface area (Å²) >= 11 is 11.5. The van der Waals surface area contributed by atoms with E-state index in [9.17, 15) is 14.0 Å². The molecule has 0 aliphatic heterocycles. The first-order chi connectivity index (χ1) is 8.34. The van der Waals surface area contributed by atoms with E-state index in [4.69, 9.17) is 23.2 Å². The van der Waals surface area contributed by atoms with E-state index >= 15 is 0 Å². The van der Waals surface area contributed by atoms with Gasteiger partial charge < -0.3 is 4.74 Å². The third kappa shape index (κ3) is 3.43. The van der Waals surface area contributed by atoms with E-state index in [-0.39, 0.29) is 15.6 Å². The normalized spacial score (nSPS) is 12.3. The molecule has 0 aliphatic carbocycles. The smallest absolute Gasteiger partial charge is 0.349 e. The first-order valence-corrected chi connectivity index (χ1v) is 5.93. The number of rotatable bonds is 4. The number of halogens is 3. The van der Waals surface area contributed by atoms with Crippen LogP contribution in [-0.2, 0) is 9.53 Å². The van der Waals surface area contributed by atoms with Crippen LogP contribution in [0.3, 0.4) is 0 Å². The molecular weight excluding hydrogens is 282 g/mol. The van der Waals surface area contributed by atoms with Crippen LogP contribution in [0.25, 0.3) is 0 Å². The van der Waals surface area contributed by atoms with Crippen LogP contribution < -0.4 is 0 Å². The van der Waals surface area contributed by atoms with Gasteiger partial charge in [-0.1, -0.05) is 29.3 Å². The third-order valence-corrected chi connectivity index (χ3v) is 2.63. The molecule has 0 bridgehead atoms. The molecule has 0 saturated heterocycles. The second-order valence-electron chi connectivity index (χ2n) is 3.81. The van der Waals surface area contributed by atoms with E-state index in [1.807, 2.05) is 0 Å². The lowest BCUT2D eigenvalue weighted by Crippen LogP contribution is -2.30. The first kappa shape index (κ1) is 14.9. The zero-order chi connectivity index (χ0) is 13.9. The molecule has 0 spiro atoms. The molecule has 1 aromatic rings. The Morgan fingerprint density at radius 1 is 1.22 bits per heavy atom. The Balaban J connectivity index is 2.97. The number of alkyl halides is 1. The lowest BCUT2D eigenvalue weighted by molar-refractivity contribution is -0.151. The zero-order valence-electron chi connectivity index (χ0n) is 9.75. The summed E-state index contributed by atoms with van der Waals surface area (Å²) in [6.07, 6.45) is -2.94. The molecule has 1 aromatic carbocycles. The Kier molecular flexibility index (Phi) is 5.11. The molecular formula is C12H11Cl2FO3. The molecule has 1 unspecified atom stereocenters. The molecule has 0 fully saturated rings. The topological polar surface area (TPSA) is 43.4 Å². The van der Waals surface area contributed by atoms with Crippen LogP contribution in [0, 0.1) is 0 Å². The Morgan fingerprint density at radius 2 is 1.72 bits per heavy atom. The number of hydrogen-bond acceptors (Lipinski definition) is 3. The Bertz CT molecular complexity index is 454. The van der Waals surface area contributed by atoms with Gasteiger partial charge >= 0.3 is 5.97 Å². The average Bonchev–Trinajstić information content (AvgIpc) is 2.26. The molecule has 0 N–H and O–H groups in total. The SMILES string of the molecule is CC(C)OC(=O)C(F)C(=O)c1c(Cl)cccc1Cl. The molecule has 0 radical (unpaired) electrons. The summed E-state index contributed by atoms with van der Waals surface area (Å²) in [4.78, 5) is 23.1. The highest BCUT2D eigenvalue weighted by Gasteiger charge is 2.32. The maximum atomic E-state index is 13.7. The number of ketones is 1. The summed E-state index contributed by atoms with van der Waals surface area (Å²) in [6.45, 7) is 3.11. The first-order valence-electron chi connectivity index (χ1n) is 5.17. The van der Waals surface area contributed by atoms with Crippen molar-refractivity contribution in [3.05, 3.63) is 33.8 Å². The fraction of sp³-hybridized carbons (Fsp3) is 0.333. The monoisotopic (exact) mass is 292 g/mol. The fourth-order valence-corrected chi connectivity index (χ4v) is 1.84. The van der Waals surface area contributed by atoms with Gasteiger partial charge in [0.2, 0.25) is 5.78 Å². The van der Waals surface area contributed by atoms with Crippen LogP contribution >= 0.6 is 23.2 Å². The minimum atomic E-state index is -2.43. The van der Waals surface area contributed by atoms with Crippen molar-refractivity contribution in [1.82, 2.24) is 0 Å². The maximum Gasteiger partial charge on any atom is 0.349 e. The van der Waals surface area contributed by atoms with Gasteiger partial charge in [0.15, 0.2) is 0 Å². The average molecular weight is 293 g/mol. The molecule has 0 heterocycles. The Morgan fingerprint density at radius 3 is 2.17 bits per heavy atom. The van der Waals surface area contributed by atoms with Gasteiger partial charge in [-0.25, -0.2) is 9.18 Å². The molecule has 0 aromatic heterocycles. The lowest BCUT2D eigenvalue weighted by atomic mass is 10.1. The number of carbonyl (C=O) groups excluding carboxylic acids is 2. The van der Waals surface area contributed by atoms with E-state index in [1.165, 1.54) is 18.2 Å². The summed E-state index contributed by atoms with van der Waals surface area (Å²) in [5, 5.41) is -0.0139. The number of benzene rings is 1. The van der Waals surface area contributed by atoms with Gasteiger partial charge in [-0.2, -0.15) is 0 Å². The summed E-state index contributed by atoms with van der Waals surface area (Å²) in [6, 6.07) is 4.30. The van der Waals surface area contributed by atoms with Crippen LogP contribution in [0.15, 0.2) is 18.2 Å². The largest absolute Gasteiger partial charge is 0.460 e. The number of hydrogen-bond donors (Lipinski definition) is 0. The molecule has 18 heavy (non-hydrogen) atoms. The van der Waals surface area contributed by atoms with E-state index in [0.29, 0.717) is 0 Å². The fourth-order valence-electron chi connectivity index (χ4n) is 1.26. The van der Waals surface area contributed by atoms with Crippen LogP contribution in [-0.4, -0.2) is 24.0 Å². The van der Waals surface area contributed by atoms with Crippen molar-refractivity contribution in [2.24, 2.45) is 0 Å². The Labute approximate surface area is 114 Å². The minimum Gasteiger partial charge on any atom is -0.460 e. The van der Waals surface area contributed by atoms with Crippen LogP contribution in [0.4, 0.5) is 4.39 Å². The quantitative estimate of drug-likeness (QED) is 0.485. The highest BCUT2D eigenvalue weighted by molar-refractivity contribution is 6.40. The summed E-state index contributed by atoms with van der Waals surface area (Å²) in [5.41, 5.74) is -0.214. The van der Waals surface area contributed by atoms with Crippen molar-refractivity contribution in [3.8, 4) is 0 Å². The van der Waals surface area contributed by atoms with E-state index in [0.717, 1.165) is 0 Å². The number of ether oxygens (including phenoxy) is 1. The van der Waals surface area contributed by atoms with Crippen molar-refractivity contribution < 1.29 is 18.7 Å². The van der Waals surface area contributed by atoms with Crippen molar-refractivity contribution in [3.63, 3.8) is 0 Å². The van der Waals surface area contributed by atoms with Gasteiger partial charge in [-0.3, -0.25) is 4.79 Å². The Hall–Kier alpha value is -1.13. The molecule has 0 aliphatic rings. The van der Waals surface area contributed by atoms with E-state index in [1.54, 1.807) is 13.8 Å². The van der Waals surface area contributed by atoms with Crippen molar-refractivity contribution in [2.75, 3.05) is 0 Å². The highest BCUT2D eigenvalue weighted by atomic mass is 35.5. The van der Waals surface area contributed by atoms with Gasteiger partial charge in [-0.15, -0.1) is 0 Å². The van der Waals surface area contributed by atoms with Crippen LogP contribution in [0.1, 0.15) is 24.2 Å². The second kappa shape index (κ2) is 6.16. The van der Waals surface area contributed by atoms with Gasteiger partial charge in [0, 0.05) is 0 Å². The molecule has 98 valence electrons. The van der Waals surface area contributed by atoms with Gasteiger partial charge in [0.05, 0.1) is 21.7 Å². The van der Waals surface area contributed by atoms with E-state index in [2.05, 4.69) is 4.74 Å². The van der Waals surface area contributed by atoms with Crippen LogP contribution in [0.2, 0.25) is 10.0 Å². The van der Waals surface area contributed by atoms with Crippen molar-refractivity contribution in [2.45, 2.75) is 26.1 Å². The molecule has 1 rings (SSSR count). The predicted molar refractivity (Wildman–Crippen MR) is 66.9 cm³/mol. The van der Waals surface area contributed by atoms with Crippen molar-refractivity contribution in [1.29, 1.82) is 0 Å². The highest BCUT2D eigenvalue weighted by Crippen LogP contribution is 2.26.